The highest BCUT2D eigenvalue weighted by atomic mass is 16.2. The lowest BCUT2D eigenvalue weighted by Gasteiger charge is -2.37. The third kappa shape index (κ3) is 2.19. The van der Waals surface area contributed by atoms with Gasteiger partial charge in [0.15, 0.2) is 0 Å². The van der Waals surface area contributed by atoms with Crippen molar-refractivity contribution in [2.45, 2.75) is 53.1 Å². The van der Waals surface area contributed by atoms with Gasteiger partial charge in [0.25, 0.3) is 0 Å². The van der Waals surface area contributed by atoms with E-state index in [1.165, 1.54) is 0 Å². The minimum absolute atomic E-state index is 0.0756. The normalized spacial score (nSPS) is 27.2. The molecule has 2 bridgehead atoms. The first-order chi connectivity index (χ1) is 11.9. The summed E-state index contributed by atoms with van der Waals surface area (Å²) in [5, 5.41) is 3.18. The van der Waals surface area contributed by atoms with E-state index in [2.05, 4.69) is 43.3 Å². The molecule has 2 fully saturated rings. The molecule has 0 unspecified atom stereocenters. The van der Waals surface area contributed by atoms with Gasteiger partial charge in [0.2, 0.25) is 5.91 Å². The molecule has 2 atom stereocenters. The molecule has 2 saturated carbocycles. The van der Waals surface area contributed by atoms with E-state index in [9.17, 15) is 4.79 Å². The second-order valence-corrected chi connectivity index (χ2v) is 8.17. The second kappa shape index (κ2) is 5.45. The number of benzene rings is 1. The molecule has 0 radical (unpaired) electrons. The summed E-state index contributed by atoms with van der Waals surface area (Å²) in [6, 6.07) is 8.13. The number of carbonyl (C=O) groups excluding carboxylic acids is 1. The number of rotatable bonds is 4. The molecule has 4 heteroatoms. The van der Waals surface area contributed by atoms with Crippen LogP contribution in [0.5, 0.6) is 0 Å². The predicted octanol–water partition coefficient (Wildman–Crippen LogP) is 4.05. The van der Waals surface area contributed by atoms with Crippen molar-refractivity contribution < 1.29 is 4.79 Å². The zero-order valence-electron chi connectivity index (χ0n) is 15.4. The number of carbonyl (C=O) groups is 1. The average Bonchev–Trinajstić information content (AvgIpc) is 3.25. The number of aromatic nitrogens is 2. The van der Waals surface area contributed by atoms with Crippen LogP contribution in [0.1, 0.15) is 45.9 Å². The molecule has 4 rings (SSSR count). The minimum atomic E-state index is -0.364. The maximum Gasteiger partial charge on any atom is 0.230 e. The van der Waals surface area contributed by atoms with Gasteiger partial charge in [0.05, 0.1) is 23.0 Å². The topological polar surface area (TPSA) is 46.9 Å². The van der Waals surface area contributed by atoms with Gasteiger partial charge in [-0.15, -0.1) is 0 Å². The molecule has 2 aliphatic rings. The van der Waals surface area contributed by atoms with Crippen LogP contribution in [0, 0.1) is 16.7 Å². The molecule has 2 aromatic rings. The van der Waals surface area contributed by atoms with Crippen LogP contribution in [-0.2, 0) is 17.9 Å². The van der Waals surface area contributed by atoms with Crippen LogP contribution in [0.3, 0.4) is 0 Å². The van der Waals surface area contributed by atoms with Gasteiger partial charge in [-0.1, -0.05) is 38.1 Å². The number of aryl methyl sites for hydroxylation is 1. The Labute approximate surface area is 149 Å². The van der Waals surface area contributed by atoms with Gasteiger partial charge in [-0.25, -0.2) is 4.98 Å². The van der Waals surface area contributed by atoms with E-state index in [-0.39, 0.29) is 16.7 Å². The van der Waals surface area contributed by atoms with Crippen molar-refractivity contribution in [3.63, 3.8) is 0 Å². The fourth-order valence-corrected chi connectivity index (χ4v) is 5.08. The summed E-state index contributed by atoms with van der Waals surface area (Å²) in [6.07, 6.45) is 3.03. The molecule has 0 saturated heterocycles. The van der Waals surface area contributed by atoms with Gasteiger partial charge in [-0.3, -0.25) is 4.79 Å². The quantitative estimate of drug-likeness (QED) is 0.856. The number of hydrogen-bond donors (Lipinski definition) is 1. The van der Waals surface area contributed by atoms with E-state index in [1.807, 2.05) is 18.2 Å². The first kappa shape index (κ1) is 16.4. The molecular weight excluding hydrogens is 310 g/mol. The number of para-hydroxylation sites is 2. The Balaban J connectivity index is 1.56. The third-order valence-electron chi connectivity index (χ3n) is 6.78. The van der Waals surface area contributed by atoms with Crippen molar-refractivity contribution in [1.29, 1.82) is 0 Å². The highest BCUT2D eigenvalue weighted by molar-refractivity contribution is 5.87. The van der Waals surface area contributed by atoms with Crippen LogP contribution in [0.15, 0.2) is 36.4 Å². The Kier molecular flexibility index (Phi) is 3.57. The summed E-state index contributed by atoms with van der Waals surface area (Å²) >= 11 is 0. The number of fused-ring (bicyclic) bond motifs is 3. The highest BCUT2D eigenvalue weighted by Gasteiger charge is 2.60. The van der Waals surface area contributed by atoms with E-state index < -0.39 is 0 Å². The second-order valence-electron chi connectivity index (χ2n) is 8.17. The number of hydrogen-bond acceptors (Lipinski definition) is 2. The Morgan fingerprint density at radius 3 is 2.84 bits per heavy atom. The number of nitrogens with one attached hydrogen (secondary N) is 1. The molecule has 0 spiro atoms. The monoisotopic (exact) mass is 337 g/mol. The van der Waals surface area contributed by atoms with Crippen LogP contribution in [0.4, 0.5) is 0 Å². The van der Waals surface area contributed by atoms with Crippen LogP contribution in [0.2, 0.25) is 0 Å². The van der Waals surface area contributed by atoms with Crippen LogP contribution >= 0.6 is 0 Å². The smallest absolute Gasteiger partial charge is 0.230 e. The van der Waals surface area contributed by atoms with Crippen molar-refractivity contribution in [2.75, 3.05) is 0 Å². The Bertz CT molecular complexity index is 863. The Hall–Kier alpha value is -2.10. The zero-order chi connectivity index (χ0) is 17.8. The van der Waals surface area contributed by atoms with Crippen LogP contribution < -0.4 is 5.32 Å². The summed E-state index contributed by atoms with van der Waals surface area (Å²) in [6.45, 7) is 12.2. The predicted molar refractivity (Wildman–Crippen MR) is 99.9 cm³/mol. The summed E-state index contributed by atoms with van der Waals surface area (Å²) in [4.78, 5) is 17.8. The van der Waals surface area contributed by atoms with Gasteiger partial charge in [-0.2, -0.15) is 0 Å². The first-order valence-electron chi connectivity index (χ1n) is 9.32. The number of amides is 1. The molecule has 1 aromatic carbocycles. The molecular formula is C21H27N3O. The van der Waals surface area contributed by atoms with Gasteiger partial charge in [0.1, 0.15) is 5.82 Å². The fraction of sp³-hybridized carbons (Fsp3) is 0.524. The number of nitrogens with zero attached hydrogens (tertiary/aromatic N) is 2. The van der Waals surface area contributed by atoms with Gasteiger partial charge >= 0.3 is 0 Å². The lowest BCUT2D eigenvalue weighted by Crippen LogP contribution is -2.41. The van der Waals surface area contributed by atoms with Crippen molar-refractivity contribution in [2.24, 2.45) is 16.7 Å². The highest BCUT2D eigenvalue weighted by Crippen LogP contribution is 2.65. The molecule has 1 amide bonds. The standard InChI is InChI=1S/C21H27N3O/c1-5-24-17-9-7-6-8-16(17)23-18(24)13-22-19(25)21-11-10-15(12-21)20(3,4)14(21)2/h6-9,15H,2,5,10-13H2,1,3-4H3,(H,22,25)/t15-,21-/m1/s1. The van der Waals surface area contributed by atoms with Crippen molar-refractivity contribution in [1.82, 2.24) is 14.9 Å². The van der Waals surface area contributed by atoms with E-state index in [4.69, 9.17) is 4.98 Å². The largest absolute Gasteiger partial charge is 0.348 e. The maximum atomic E-state index is 13.1. The van der Waals surface area contributed by atoms with E-state index in [0.717, 1.165) is 48.2 Å². The maximum absolute atomic E-state index is 13.1. The lowest BCUT2D eigenvalue weighted by atomic mass is 9.68. The summed E-state index contributed by atoms with van der Waals surface area (Å²) in [7, 11) is 0. The van der Waals surface area contributed by atoms with E-state index in [0.29, 0.717) is 12.5 Å². The summed E-state index contributed by atoms with van der Waals surface area (Å²) in [5.74, 6) is 1.65. The SMILES string of the molecule is C=C1C(C)(C)[C@@H]2CC[C@@]1(C(=O)NCc1nc3ccccc3n1CC)C2. The fourth-order valence-electron chi connectivity index (χ4n) is 5.08. The summed E-state index contributed by atoms with van der Waals surface area (Å²) in [5.41, 5.74) is 2.94. The summed E-state index contributed by atoms with van der Waals surface area (Å²) < 4.78 is 2.18. The van der Waals surface area contributed by atoms with Crippen molar-refractivity contribution in [3.8, 4) is 0 Å². The molecule has 25 heavy (non-hydrogen) atoms. The van der Waals surface area contributed by atoms with Gasteiger partial charge in [0, 0.05) is 6.54 Å². The average molecular weight is 337 g/mol. The van der Waals surface area contributed by atoms with Crippen molar-refractivity contribution in [3.05, 3.63) is 42.2 Å². The minimum Gasteiger partial charge on any atom is -0.348 e. The van der Waals surface area contributed by atoms with Gasteiger partial charge < -0.3 is 9.88 Å². The number of imidazole rings is 1. The molecule has 1 N–H and O–H groups in total. The molecule has 4 nitrogen and oxygen atoms in total. The first-order valence-corrected chi connectivity index (χ1v) is 9.32. The lowest BCUT2D eigenvalue weighted by molar-refractivity contribution is -0.129. The molecule has 0 aliphatic heterocycles. The zero-order valence-corrected chi connectivity index (χ0v) is 15.4. The van der Waals surface area contributed by atoms with Crippen LogP contribution in [0.25, 0.3) is 11.0 Å². The van der Waals surface area contributed by atoms with Crippen molar-refractivity contribution >= 4 is 16.9 Å². The molecule has 1 heterocycles. The Morgan fingerprint density at radius 2 is 2.16 bits per heavy atom. The Morgan fingerprint density at radius 1 is 1.40 bits per heavy atom. The van der Waals surface area contributed by atoms with Crippen LogP contribution in [-0.4, -0.2) is 15.5 Å². The van der Waals surface area contributed by atoms with E-state index in [1.54, 1.807) is 0 Å². The molecule has 1 aromatic heterocycles. The van der Waals surface area contributed by atoms with Gasteiger partial charge in [-0.05, 0) is 49.7 Å². The molecule has 2 aliphatic carbocycles. The molecule has 132 valence electrons. The van der Waals surface area contributed by atoms with E-state index >= 15 is 0 Å². The third-order valence-corrected chi connectivity index (χ3v) is 6.78.